The zero-order chi connectivity index (χ0) is 9.54. The topological polar surface area (TPSA) is 0 Å². The fourth-order valence-electron chi connectivity index (χ4n) is 2.17. The quantitative estimate of drug-likeness (QED) is 0.577. The van der Waals surface area contributed by atoms with Crippen LogP contribution in [0, 0.1) is 6.92 Å². The number of hydrogen-bond donors (Lipinski definition) is 0. The second-order valence-electron chi connectivity index (χ2n) is 3.76. The zero-order valence-corrected chi connectivity index (χ0v) is 7.90. The molecule has 1 unspecified atom stereocenters. The van der Waals surface area contributed by atoms with Crippen LogP contribution in [0.4, 0.5) is 0 Å². The largest absolute Gasteiger partial charge is 0.0764 e. The molecule has 1 atom stereocenters. The molecule has 67 valence electrons. The first kappa shape index (κ1) is 7.81. The molecule has 0 heterocycles. The molecular formula is C14H11. The zero-order valence-electron chi connectivity index (χ0n) is 7.90. The van der Waals surface area contributed by atoms with E-state index in [2.05, 4.69) is 55.5 Å². The molecule has 0 fully saturated rings. The molecular weight excluding hydrogens is 168 g/mol. The molecule has 1 aliphatic carbocycles. The van der Waals surface area contributed by atoms with E-state index in [0.29, 0.717) is 5.92 Å². The average molecular weight is 179 g/mol. The highest BCUT2D eigenvalue weighted by Gasteiger charge is 2.12. The Kier molecular flexibility index (Phi) is 1.51. The van der Waals surface area contributed by atoms with Crippen molar-refractivity contribution in [2.45, 2.75) is 5.92 Å². The summed E-state index contributed by atoms with van der Waals surface area (Å²) in [5.41, 5.74) is 2.67. The molecule has 0 N–H and O–H groups in total. The lowest BCUT2D eigenvalue weighted by molar-refractivity contribution is 1.10. The minimum absolute atomic E-state index is 0.300. The van der Waals surface area contributed by atoms with Gasteiger partial charge in [-0.3, -0.25) is 0 Å². The van der Waals surface area contributed by atoms with Crippen molar-refractivity contribution >= 4 is 16.8 Å². The summed E-state index contributed by atoms with van der Waals surface area (Å²) in [5, 5.41) is 2.69. The van der Waals surface area contributed by atoms with Gasteiger partial charge in [-0.2, -0.15) is 0 Å². The second-order valence-corrected chi connectivity index (χ2v) is 3.76. The number of benzene rings is 2. The molecule has 1 radical (unpaired) electrons. The highest BCUT2D eigenvalue weighted by atomic mass is 14.2. The first-order chi connectivity index (χ1) is 6.86. The normalized spacial score (nSPS) is 18.8. The number of allylic oxidation sites excluding steroid dienone is 1. The summed E-state index contributed by atoms with van der Waals surface area (Å²) in [6, 6.07) is 12.9. The van der Waals surface area contributed by atoms with E-state index in [1.807, 2.05) is 0 Å². The van der Waals surface area contributed by atoms with Gasteiger partial charge in [-0.25, -0.2) is 0 Å². The third-order valence-corrected chi connectivity index (χ3v) is 2.88. The van der Waals surface area contributed by atoms with Crippen molar-refractivity contribution in [2.24, 2.45) is 0 Å². The van der Waals surface area contributed by atoms with Crippen LogP contribution in [0.2, 0.25) is 0 Å². The summed E-state index contributed by atoms with van der Waals surface area (Å²) in [6.07, 6.45) is 4.34. The third-order valence-electron chi connectivity index (χ3n) is 2.88. The second kappa shape index (κ2) is 2.71. The highest BCUT2D eigenvalue weighted by Crippen LogP contribution is 2.33. The van der Waals surface area contributed by atoms with Gasteiger partial charge in [0.25, 0.3) is 0 Å². The van der Waals surface area contributed by atoms with Crippen molar-refractivity contribution in [2.75, 3.05) is 0 Å². The SMILES string of the molecule is [CH2]C1C=Cc2cccc3cccc1c23. The molecule has 0 saturated carbocycles. The van der Waals surface area contributed by atoms with Gasteiger partial charge < -0.3 is 0 Å². The van der Waals surface area contributed by atoms with Crippen LogP contribution in [0.25, 0.3) is 16.8 Å². The number of hydrogen-bond acceptors (Lipinski definition) is 0. The lowest BCUT2D eigenvalue weighted by atomic mass is 9.87. The number of rotatable bonds is 0. The Labute approximate surface area is 83.9 Å². The van der Waals surface area contributed by atoms with Crippen LogP contribution in [0.1, 0.15) is 17.0 Å². The Morgan fingerprint density at radius 3 is 2.64 bits per heavy atom. The minimum Gasteiger partial charge on any atom is -0.0764 e. The van der Waals surface area contributed by atoms with Crippen molar-refractivity contribution in [3.8, 4) is 0 Å². The molecule has 0 saturated heterocycles. The van der Waals surface area contributed by atoms with E-state index in [4.69, 9.17) is 0 Å². The van der Waals surface area contributed by atoms with Crippen LogP contribution in [-0.4, -0.2) is 0 Å². The van der Waals surface area contributed by atoms with Crippen molar-refractivity contribution in [3.05, 3.63) is 60.5 Å². The van der Waals surface area contributed by atoms with Gasteiger partial charge in [0.15, 0.2) is 0 Å². The van der Waals surface area contributed by atoms with E-state index in [0.717, 1.165) is 0 Å². The van der Waals surface area contributed by atoms with Gasteiger partial charge in [-0.15, -0.1) is 0 Å². The lowest BCUT2D eigenvalue weighted by Crippen LogP contribution is -1.97. The van der Waals surface area contributed by atoms with Crippen molar-refractivity contribution in [1.29, 1.82) is 0 Å². The Balaban J connectivity index is 2.52. The van der Waals surface area contributed by atoms with Gasteiger partial charge >= 0.3 is 0 Å². The third kappa shape index (κ3) is 0.941. The molecule has 0 nitrogen and oxygen atoms in total. The monoisotopic (exact) mass is 179 g/mol. The maximum atomic E-state index is 4.13. The predicted octanol–water partition coefficient (Wildman–Crippen LogP) is 3.78. The summed E-state index contributed by atoms with van der Waals surface area (Å²) in [5.74, 6) is 0.300. The lowest BCUT2D eigenvalue weighted by Gasteiger charge is -2.17. The molecule has 2 aromatic carbocycles. The highest BCUT2D eigenvalue weighted by molar-refractivity contribution is 5.95. The van der Waals surface area contributed by atoms with Gasteiger partial charge in [-0.1, -0.05) is 48.6 Å². The van der Waals surface area contributed by atoms with E-state index in [-0.39, 0.29) is 0 Å². The van der Waals surface area contributed by atoms with Gasteiger partial charge in [0.1, 0.15) is 0 Å². The standard InChI is InChI=1S/C14H11/c1-10-8-9-12-5-2-4-11-6-3-7-13(10)14(11)12/h2-10H,1H2. The van der Waals surface area contributed by atoms with E-state index < -0.39 is 0 Å². The summed E-state index contributed by atoms with van der Waals surface area (Å²) in [4.78, 5) is 0. The van der Waals surface area contributed by atoms with E-state index in [1.165, 1.54) is 21.9 Å². The van der Waals surface area contributed by atoms with E-state index >= 15 is 0 Å². The Bertz CT molecular complexity index is 515. The fraction of sp³-hybridized carbons (Fsp3) is 0.0714. The summed E-state index contributed by atoms with van der Waals surface area (Å²) >= 11 is 0. The van der Waals surface area contributed by atoms with Crippen molar-refractivity contribution < 1.29 is 0 Å². The van der Waals surface area contributed by atoms with Gasteiger partial charge in [0.05, 0.1) is 0 Å². The maximum Gasteiger partial charge on any atom is 0.00280 e. The Morgan fingerprint density at radius 1 is 1.00 bits per heavy atom. The molecule has 0 aliphatic heterocycles. The first-order valence-corrected chi connectivity index (χ1v) is 4.89. The van der Waals surface area contributed by atoms with Gasteiger partial charge in [-0.05, 0) is 28.8 Å². The predicted molar refractivity (Wildman–Crippen MR) is 61.1 cm³/mol. The molecule has 0 aromatic heterocycles. The van der Waals surface area contributed by atoms with Crippen molar-refractivity contribution in [1.82, 2.24) is 0 Å². The summed E-state index contributed by atoms with van der Waals surface area (Å²) in [6.45, 7) is 4.13. The summed E-state index contributed by atoms with van der Waals surface area (Å²) < 4.78 is 0. The Morgan fingerprint density at radius 2 is 1.79 bits per heavy atom. The Hall–Kier alpha value is -1.56. The van der Waals surface area contributed by atoms with Crippen LogP contribution >= 0.6 is 0 Å². The first-order valence-electron chi connectivity index (χ1n) is 4.89. The molecule has 0 spiro atoms. The van der Waals surface area contributed by atoms with Crippen LogP contribution in [0.3, 0.4) is 0 Å². The molecule has 0 amide bonds. The molecule has 0 heteroatoms. The average Bonchev–Trinajstić information content (AvgIpc) is 2.24. The molecule has 1 aliphatic rings. The molecule has 2 aromatic rings. The fourth-order valence-corrected chi connectivity index (χ4v) is 2.17. The van der Waals surface area contributed by atoms with Crippen molar-refractivity contribution in [3.63, 3.8) is 0 Å². The molecule has 3 rings (SSSR count). The smallest absolute Gasteiger partial charge is 0.00280 e. The minimum atomic E-state index is 0.300. The summed E-state index contributed by atoms with van der Waals surface area (Å²) in [7, 11) is 0. The van der Waals surface area contributed by atoms with E-state index in [9.17, 15) is 0 Å². The van der Waals surface area contributed by atoms with Gasteiger partial charge in [0.2, 0.25) is 0 Å². The molecule has 0 bridgehead atoms. The molecule has 14 heavy (non-hydrogen) atoms. The van der Waals surface area contributed by atoms with Gasteiger partial charge in [0, 0.05) is 5.92 Å². The van der Waals surface area contributed by atoms with Crippen LogP contribution in [-0.2, 0) is 0 Å². The van der Waals surface area contributed by atoms with E-state index in [1.54, 1.807) is 0 Å². The van der Waals surface area contributed by atoms with Crippen LogP contribution in [0.5, 0.6) is 0 Å². The maximum absolute atomic E-state index is 4.13. The van der Waals surface area contributed by atoms with Crippen LogP contribution in [0.15, 0.2) is 42.5 Å². The van der Waals surface area contributed by atoms with Crippen LogP contribution < -0.4 is 0 Å².